The summed E-state index contributed by atoms with van der Waals surface area (Å²) in [4.78, 5) is 12.6. The maximum Gasteiger partial charge on any atom is 0.315 e. The smallest absolute Gasteiger partial charge is 0.315 e. The van der Waals surface area contributed by atoms with Crippen molar-refractivity contribution in [1.82, 2.24) is 10.6 Å². The number of aryl methyl sites for hydroxylation is 1. The van der Waals surface area contributed by atoms with Gasteiger partial charge >= 0.3 is 6.03 Å². The van der Waals surface area contributed by atoms with Crippen molar-refractivity contribution in [3.05, 3.63) is 57.6 Å². The number of hydrogen-bond donors (Lipinski definition) is 2. The Labute approximate surface area is 162 Å². The highest BCUT2D eigenvalue weighted by Crippen LogP contribution is 2.34. The van der Waals surface area contributed by atoms with Gasteiger partial charge < -0.3 is 20.1 Å². The first-order chi connectivity index (χ1) is 12.5. The number of rotatable bonds is 4. The zero-order valence-electron chi connectivity index (χ0n) is 15.1. The van der Waals surface area contributed by atoms with Gasteiger partial charge in [0.25, 0.3) is 0 Å². The third kappa shape index (κ3) is 4.12. The van der Waals surface area contributed by atoms with E-state index in [-0.39, 0.29) is 18.1 Å². The Kier molecular flexibility index (Phi) is 5.71. The highest BCUT2D eigenvalue weighted by molar-refractivity contribution is 9.10. The summed E-state index contributed by atoms with van der Waals surface area (Å²) in [6.07, 6.45) is 0.735. The summed E-state index contributed by atoms with van der Waals surface area (Å²) in [6.45, 7) is 4.55. The molecule has 2 aromatic carbocycles. The lowest BCUT2D eigenvalue weighted by Gasteiger charge is -2.28. The van der Waals surface area contributed by atoms with E-state index in [1.54, 1.807) is 7.11 Å². The Balaban J connectivity index is 1.70. The summed E-state index contributed by atoms with van der Waals surface area (Å²) in [7, 11) is 1.64. The molecule has 0 fully saturated rings. The number of carbonyl (C=O) groups excluding carboxylic acids is 1. The maximum absolute atomic E-state index is 12.6. The van der Waals surface area contributed by atoms with Crippen LogP contribution in [0.5, 0.6) is 11.5 Å². The minimum Gasteiger partial charge on any atom is -0.496 e. The van der Waals surface area contributed by atoms with Crippen LogP contribution in [0.15, 0.2) is 40.9 Å². The summed E-state index contributed by atoms with van der Waals surface area (Å²) in [5.74, 6) is 1.59. The van der Waals surface area contributed by atoms with Crippen LogP contribution in [0.4, 0.5) is 4.79 Å². The zero-order chi connectivity index (χ0) is 18.7. The molecule has 0 saturated heterocycles. The second-order valence-corrected chi connectivity index (χ2v) is 7.37. The highest BCUT2D eigenvalue weighted by Gasteiger charge is 2.24. The molecule has 138 valence electrons. The van der Waals surface area contributed by atoms with Gasteiger partial charge in [0.15, 0.2) is 0 Å². The van der Waals surface area contributed by atoms with Gasteiger partial charge in [-0.25, -0.2) is 4.79 Å². The molecule has 6 heteroatoms. The summed E-state index contributed by atoms with van der Waals surface area (Å²) in [5, 5.41) is 6.07. The van der Waals surface area contributed by atoms with E-state index in [1.165, 1.54) is 0 Å². The monoisotopic (exact) mass is 418 g/mol. The minimum absolute atomic E-state index is 0.0807. The molecule has 0 aromatic heterocycles. The van der Waals surface area contributed by atoms with E-state index in [0.717, 1.165) is 39.1 Å². The number of halogens is 1. The number of amides is 2. The van der Waals surface area contributed by atoms with Gasteiger partial charge in [0.2, 0.25) is 0 Å². The predicted molar refractivity (Wildman–Crippen MR) is 105 cm³/mol. The van der Waals surface area contributed by atoms with Gasteiger partial charge in [0.05, 0.1) is 25.8 Å². The maximum atomic E-state index is 12.6. The molecule has 0 aliphatic carbocycles. The lowest BCUT2D eigenvalue weighted by molar-refractivity contribution is 0.221. The lowest BCUT2D eigenvalue weighted by atomic mass is 10.0. The van der Waals surface area contributed by atoms with Gasteiger partial charge in [-0.15, -0.1) is 0 Å². The SMILES string of the molecule is COc1ccc(C)cc1C(C)NC(=O)NC1CCOc2ccc(Br)cc21. The van der Waals surface area contributed by atoms with Crippen LogP contribution in [0, 0.1) is 6.92 Å². The van der Waals surface area contributed by atoms with Gasteiger partial charge in [-0.1, -0.05) is 33.6 Å². The van der Waals surface area contributed by atoms with Gasteiger partial charge in [-0.05, 0) is 38.1 Å². The summed E-state index contributed by atoms with van der Waals surface area (Å²) < 4.78 is 12.1. The molecule has 0 spiro atoms. The van der Waals surface area contributed by atoms with E-state index >= 15 is 0 Å². The van der Waals surface area contributed by atoms with Crippen LogP contribution in [-0.4, -0.2) is 19.7 Å². The number of hydrogen-bond acceptors (Lipinski definition) is 3. The molecule has 2 N–H and O–H groups in total. The van der Waals surface area contributed by atoms with Crippen molar-refractivity contribution in [3.63, 3.8) is 0 Å². The molecule has 1 heterocycles. The molecule has 2 atom stereocenters. The molecule has 1 aliphatic rings. The van der Waals surface area contributed by atoms with Crippen molar-refractivity contribution in [3.8, 4) is 11.5 Å². The molecule has 0 radical (unpaired) electrons. The van der Waals surface area contributed by atoms with Crippen LogP contribution in [0.25, 0.3) is 0 Å². The van der Waals surface area contributed by atoms with Crippen LogP contribution in [0.1, 0.15) is 42.1 Å². The number of methoxy groups -OCH3 is 1. The second-order valence-electron chi connectivity index (χ2n) is 6.46. The van der Waals surface area contributed by atoms with E-state index < -0.39 is 0 Å². The van der Waals surface area contributed by atoms with Crippen molar-refractivity contribution in [2.75, 3.05) is 13.7 Å². The third-order valence-corrected chi connectivity index (χ3v) is 5.01. The van der Waals surface area contributed by atoms with Gasteiger partial charge in [-0.3, -0.25) is 0 Å². The number of fused-ring (bicyclic) bond motifs is 1. The predicted octanol–water partition coefficient (Wildman–Crippen LogP) is 4.65. The number of carbonyl (C=O) groups is 1. The fourth-order valence-electron chi connectivity index (χ4n) is 3.18. The van der Waals surface area contributed by atoms with Crippen molar-refractivity contribution < 1.29 is 14.3 Å². The van der Waals surface area contributed by atoms with Crippen LogP contribution in [-0.2, 0) is 0 Å². The first-order valence-electron chi connectivity index (χ1n) is 8.61. The Morgan fingerprint density at radius 2 is 2.12 bits per heavy atom. The molecule has 2 unspecified atom stereocenters. The van der Waals surface area contributed by atoms with Gasteiger partial charge in [0.1, 0.15) is 11.5 Å². The fourth-order valence-corrected chi connectivity index (χ4v) is 3.56. The van der Waals surface area contributed by atoms with Crippen molar-refractivity contribution >= 4 is 22.0 Å². The summed E-state index contributed by atoms with van der Waals surface area (Å²) in [6, 6.07) is 11.3. The Hall–Kier alpha value is -2.21. The normalized spacial score (nSPS) is 16.8. The van der Waals surface area contributed by atoms with E-state index in [9.17, 15) is 4.79 Å². The number of benzene rings is 2. The number of nitrogens with one attached hydrogen (secondary N) is 2. The first-order valence-corrected chi connectivity index (χ1v) is 9.41. The largest absolute Gasteiger partial charge is 0.496 e. The molecule has 3 rings (SSSR count). The molecule has 2 aromatic rings. The van der Waals surface area contributed by atoms with Crippen LogP contribution in [0.2, 0.25) is 0 Å². The van der Waals surface area contributed by atoms with Crippen molar-refractivity contribution in [2.45, 2.75) is 32.4 Å². The van der Waals surface area contributed by atoms with E-state index in [2.05, 4.69) is 26.6 Å². The van der Waals surface area contributed by atoms with Crippen molar-refractivity contribution in [2.24, 2.45) is 0 Å². The third-order valence-electron chi connectivity index (χ3n) is 4.52. The quantitative estimate of drug-likeness (QED) is 0.759. The zero-order valence-corrected chi connectivity index (χ0v) is 16.7. The van der Waals surface area contributed by atoms with E-state index in [1.807, 2.05) is 50.2 Å². The average Bonchev–Trinajstić information content (AvgIpc) is 2.62. The van der Waals surface area contributed by atoms with E-state index in [4.69, 9.17) is 9.47 Å². The van der Waals surface area contributed by atoms with Crippen LogP contribution in [0.3, 0.4) is 0 Å². The fraction of sp³-hybridized carbons (Fsp3) is 0.350. The van der Waals surface area contributed by atoms with Gasteiger partial charge in [0, 0.05) is 22.0 Å². The average molecular weight is 419 g/mol. The molecule has 2 amide bonds. The summed E-state index contributed by atoms with van der Waals surface area (Å²) in [5.41, 5.74) is 3.07. The minimum atomic E-state index is -0.209. The number of ether oxygens (including phenoxy) is 2. The standard InChI is InChI=1S/C20H23BrN2O3/c1-12-4-6-18(25-3)15(10-12)13(2)22-20(24)23-17-8-9-26-19-7-5-14(21)11-16(17)19/h4-7,10-11,13,17H,8-9H2,1-3H3,(H2,22,23,24). The lowest BCUT2D eigenvalue weighted by Crippen LogP contribution is -2.40. The molecular weight excluding hydrogens is 396 g/mol. The number of urea groups is 1. The molecule has 5 nitrogen and oxygen atoms in total. The van der Waals surface area contributed by atoms with E-state index in [0.29, 0.717) is 6.61 Å². The highest BCUT2D eigenvalue weighted by atomic mass is 79.9. The first kappa shape index (κ1) is 18.6. The van der Waals surface area contributed by atoms with Crippen LogP contribution >= 0.6 is 15.9 Å². The van der Waals surface area contributed by atoms with Crippen molar-refractivity contribution in [1.29, 1.82) is 0 Å². The molecule has 26 heavy (non-hydrogen) atoms. The Morgan fingerprint density at radius 1 is 1.31 bits per heavy atom. The summed E-state index contributed by atoms with van der Waals surface area (Å²) >= 11 is 3.48. The Bertz CT molecular complexity index is 810. The topological polar surface area (TPSA) is 59.6 Å². The van der Waals surface area contributed by atoms with Gasteiger partial charge in [-0.2, -0.15) is 0 Å². The molecule has 0 saturated carbocycles. The van der Waals surface area contributed by atoms with Crippen LogP contribution < -0.4 is 20.1 Å². The molecule has 1 aliphatic heterocycles. The molecular formula is C20H23BrN2O3. The Morgan fingerprint density at radius 3 is 2.88 bits per heavy atom. The molecule has 0 bridgehead atoms. The second kappa shape index (κ2) is 7.99.